The second-order valence-corrected chi connectivity index (χ2v) is 4.52. The molecule has 1 aromatic heterocycles. The summed E-state index contributed by atoms with van der Waals surface area (Å²) in [7, 11) is 0. The number of nitrogens with zero attached hydrogens (tertiary/aromatic N) is 2. The van der Waals surface area contributed by atoms with E-state index in [-0.39, 0.29) is 11.7 Å². The van der Waals surface area contributed by atoms with Crippen LogP contribution in [-0.4, -0.2) is 21.9 Å². The van der Waals surface area contributed by atoms with Crippen molar-refractivity contribution in [1.82, 2.24) is 9.55 Å². The lowest BCUT2D eigenvalue weighted by Gasteiger charge is -2.18. The van der Waals surface area contributed by atoms with Gasteiger partial charge in [-0.25, -0.2) is 13.8 Å². The highest BCUT2D eigenvalue weighted by Crippen LogP contribution is 2.29. The maximum absolute atomic E-state index is 13.2. The number of imidazole rings is 1. The third-order valence-electron chi connectivity index (χ3n) is 2.86. The molecule has 0 saturated carbocycles. The predicted octanol–water partition coefficient (Wildman–Crippen LogP) is 3.98. The highest BCUT2D eigenvalue weighted by molar-refractivity contribution is 6.16. The van der Waals surface area contributed by atoms with Crippen LogP contribution < -0.4 is 0 Å². The van der Waals surface area contributed by atoms with Crippen molar-refractivity contribution in [2.75, 3.05) is 0 Å². The predicted molar refractivity (Wildman–Crippen MR) is 65.0 cm³/mol. The Morgan fingerprint density at radius 1 is 1.37 bits per heavy atom. The third kappa shape index (κ3) is 2.54. The fraction of sp³-hybridized carbons (Fsp3) is 0.417. The van der Waals surface area contributed by atoms with Gasteiger partial charge in [0, 0.05) is 0 Å². The zero-order valence-electron chi connectivity index (χ0n) is 10.0. The van der Waals surface area contributed by atoms with Gasteiger partial charge in [0.25, 0.3) is 0 Å². The molecule has 7 heteroatoms. The Balaban J connectivity index is 2.58. The fourth-order valence-electron chi connectivity index (χ4n) is 1.97. The molecule has 2 aromatic rings. The van der Waals surface area contributed by atoms with Crippen molar-refractivity contribution >= 4 is 22.6 Å². The number of alkyl halides is 5. The van der Waals surface area contributed by atoms with Crippen LogP contribution in [0.1, 0.15) is 11.4 Å². The first-order chi connectivity index (χ1) is 8.86. The van der Waals surface area contributed by atoms with Gasteiger partial charge in [-0.1, -0.05) is 12.1 Å². The average molecular weight is 295 g/mol. The Labute approximate surface area is 112 Å². The summed E-state index contributed by atoms with van der Waals surface area (Å²) in [6.45, 7) is 0.577. The summed E-state index contributed by atoms with van der Waals surface area (Å²) in [5, 5.41) is 0. The lowest BCUT2D eigenvalue weighted by Crippen LogP contribution is -2.32. The van der Waals surface area contributed by atoms with E-state index < -0.39 is 18.9 Å². The van der Waals surface area contributed by atoms with Crippen LogP contribution in [-0.2, 0) is 12.4 Å². The molecule has 2 nitrogen and oxygen atoms in total. The number of aryl methyl sites for hydroxylation is 1. The Kier molecular flexibility index (Phi) is 3.71. The van der Waals surface area contributed by atoms with Gasteiger partial charge in [0.05, 0.1) is 23.5 Å². The van der Waals surface area contributed by atoms with Gasteiger partial charge >= 0.3 is 12.3 Å². The van der Waals surface area contributed by atoms with Crippen LogP contribution >= 0.6 is 11.6 Å². The first-order valence-corrected chi connectivity index (χ1v) is 6.07. The zero-order valence-corrected chi connectivity index (χ0v) is 10.8. The summed E-state index contributed by atoms with van der Waals surface area (Å²) in [4.78, 5) is 4.09. The minimum absolute atomic E-state index is 0.118. The second kappa shape index (κ2) is 5.00. The van der Waals surface area contributed by atoms with Gasteiger partial charge in [0.15, 0.2) is 0 Å². The van der Waals surface area contributed by atoms with Crippen LogP contribution in [0, 0.1) is 6.92 Å². The van der Waals surface area contributed by atoms with Crippen molar-refractivity contribution in [3.8, 4) is 0 Å². The van der Waals surface area contributed by atoms with Crippen LogP contribution in [0.2, 0.25) is 0 Å². The second-order valence-electron chi connectivity index (χ2n) is 4.25. The number of para-hydroxylation sites is 1. The minimum Gasteiger partial charge on any atom is -0.320 e. The van der Waals surface area contributed by atoms with E-state index in [1.54, 1.807) is 25.1 Å². The van der Waals surface area contributed by atoms with Crippen LogP contribution in [0.15, 0.2) is 18.2 Å². The first-order valence-electron chi connectivity index (χ1n) is 5.53. The Morgan fingerprint density at radius 3 is 2.63 bits per heavy atom. The molecule has 0 aliphatic rings. The van der Waals surface area contributed by atoms with E-state index in [9.17, 15) is 17.6 Å². The third-order valence-corrected chi connectivity index (χ3v) is 3.09. The topological polar surface area (TPSA) is 17.8 Å². The molecule has 0 N–H and O–H groups in total. The summed E-state index contributed by atoms with van der Waals surface area (Å²) in [6, 6.07) is 5.06. The van der Waals surface area contributed by atoms with E-state index in [1.165, 1.54) is 0 Å². The van der Waals surface area contributed by atoms with Crippen molar-refractivity contribution in [2.45, 2.75) is 31.7 Å². The number of halogens is 5. The summed E-state index contributed by atoms with van der Waals surface area (Å²) in [6.07, 6.45) is -3.72. The highest BCUT2D eigenvalue weighted by Gasteiger charge is 2.42. The van der Waals surface area contributed by atoms with E-state index in [0.717, 1.165) is 4.57 Å². The van der Waals surface area contributed by atoms with E-state index in [2.05, 4.69) is 4.98 Å². The van der Waals surface area contributed by atoms with Gasteiger partial charge < -0.3 is 4.57 Å². The summed E-state index contributed by atoms with van der Waals surface area (Å²) in [5.41, 5.74) is 1.57. The molecule has 19 heavy (non-hydrogen) atoms. The monoisotopic (exact) mass is 294 g/mol. The number of benzene rings is 1. The highest BCUT2D eigenvalue weighted by atomic mass is 35.5. The molecule has 1 aromatic carbocycles. The number of rotatable bonds is 4. The van der Waals surface area contributed by atoms with Gasteiger partial charge in [-0.3, -0.25) is 0 Å². The Hall–Kier alpha value is -1.30. The van der Waals surface area contributed by atoms with Gasteiger partial charge in [0.2, 0.25) is 0 Å². The number of fused-ring (bicyclic) bond motifs is 1. The summed E-state index contributed by atoms with van der Waals surface area (Å²) < 4.78 is 52.2. The molecular weight excluding hydrogens is 284 g/mol. The maximum atomic E-state index is 13.2. The molecule has 0 aliphatic heterocycles. The van der Waals surface area contributed by atoms with Gasteiger partial charge in [-0.15, -0.1) is 11.6 Å². The fourth-order valence-corrected chi connectivity index (χ4v) is 2.17. The van der Waals surface area contributed by atoms with Gasteiger partial charge in [-0.05, 0) is 18.6 Å². The van der Waals surface area contributed by atoms with E-state index in [0.29, 0.717) is 16.6 Å². The first kappa shape index (κ1) is 14.1. The van der Waals surface area contributed by atoms with Gasteiger partial charge in [-0.2, -0.15) is 8.78 Å². The molecule has 2 rings (SSSR count). The summed E-state index contributed by atoms with van der Waals surface area (Å²) >= 11 is 5.65. The number of aromatic nitrogens is 2. The summed E-state index contributed by atoms with van der Waals surface area (Å²) in [5.74, 6) is -4.07. The number of hydrogen-bond donors (Lipinski definition) is 0. The molecule has 0 radical (unpaired) electrons. The molecule has 0 fully saturated rings. The van der Waals surface area contributed by atoms with Crippen LogP contribution in [0.3, 0.4) is 0 Å². The van der Waals surface area contributed by atoms with Crippen molar-refractivity contribution in [3.63, 3.8) is 0 Å². The molecule has 104 valence electrons. The van der Waals surface area contributed by atoms with E-state index in [1.807, 2.05) is 0 Å². The molecule has 0 bridgehead atoms. The van der Waals surface area contributed by atoms with Crippen LogP contribution in [0.5, 0.6) is 0 Å². The molecule has 1 heterocycles. The van der Waals surface area contributed by atoms with Crippen molar-refractivity contribution in [1.29, 1.82) is 0 Å². The molecule has 0 atom stereocenters. The smallest absolute Gasteiger partial charge is 0.320 e. The molecule has 0 spiro atoms. The Morgan fingerprint density at radius 2 is 2.05 bits per heavy atom. The van der Waals surface area contributed by atoms with E-state index >= 15 is 0 Å². The van der Waals surface area contributed by atoms with Crippen molar-refractivity contribution in [2.24, 2.45) is 0 Å². The van der Waals surface area contributed by atoms with E-state index in [4.69, 9.17) is 11.6 Å². The SMILES string of the molecule is Cc1cccc2nc(CCl)n(CC(F)(F)C(F)F)c12. The quantitative estimate of drug-likeness (QED) is 0.616. The normalized spacial score (nSPS) is 12.6. The number of hydrogen-bond acceptors (Lipinski definition) is 1. The molecule has 0 aliphatic carbocycles. The minimum atomic E-state index is -4.11. The average Bonchev–Trinajstić information content (AvgIpc) is 2.68. The lowest BCUT2D eigenvalue weighted by molar-refractivity contribution is -0.137. The molecule has 0 amide bonds. The Bertz CT molecular complexity index is 595. The molecule has 0 saturated heterocycles. The van der Waals surface area contributed by atoms with Crippen LogP contribution in [0.4, 0.5) is 17.6 Å². The van der Waals surface area contributed by atoms with Gasteiger partial charge in [0.1, 0.15) is 5.82 Å². The largest absolute Gasteiger partial charge is 0.324 e. The maximum Gasteiger partial charge on any atom is 0.324 e. The van der Waals surface area contributed by atoms with Crippen LogP contribution in [0.25, 0.3) is 11.0 Å². The zero-order chi connectivity index (χ0) is 14.2. The van der Waals surface area contributed by atoms with Crippen molar-refractivity contribution in [3.05, 3.63) is 29.6 Å². The molecular formula is C12H11ClF4N2. The standard InChI is InChI=1S/C12H11ClF4N2/c1-7-3-2-4-8-10(7)19(9(5-13)18-8)6-12(16,17)11(14)15/h2-4,11H,5-6H2,1H3. The molecule has 0 unspecified atom stereocenters. The lowest BCUT2D eigenvalue weighted by atomic mass is 10.2. The van der Waals surface area contributed by atoms with Crippen molar-refractivity contribution < 1.29 is 17.6 Å².